The second-order valence-electron chi connectivity index (χ2n) is 7.28. The van der Waals surface area contributed by atoms with Gasteiger partial charge in [-0.1, -0.05) is 48.5 Å². The number of furan rings is 1. The number of fused-ring (bicyclic) bond motifs is 4. The maximum atomic E-state index is 12.5. The molecule has 0 spiro atoms. The number of para-hydroxylation sites is 1. The monoisotopic (exact) mass is 370 g/mol. The first-order valence-corrected chi connectivity index (χ1v) is 9.37. The van der Waals surface area contributed by atoms with Gasteiger partial charge in [-0.2, -0.15) is 0 Å². The molecule has 2 aromatic heterocycles. The smallest absolute Gasteiger partial charge is 0.294 e. The minimum absolute atomic E-state index is 0.227. The van der Waals surface area contributed by atoms with Crippen molar-refractivity contribution in [1.29, 1.82) is 0 Å². The van der Waals surface area contributed by atoms with Crippen LogP contribution in [0.2, 0.25) is 0 Å². The van der Waals surface area contributed by atoms with Gasteiger partial charge in [0.15, 0.2) is 5.82 Å². The van der Waals surface area contributed by atoms with Crippen LogP contribution >= 0.6 is 0 Å². The molecule has 28 heavy (non-hydrogen) atoms. The summed E-state index contributed by atoms with van der Waals surface area (Å²) < 4.78 is 5.67. The van der Waals surface area contributed by atoms with E-state index in [0.29, 0.717) is 23.5 Å². The Morgan fingerprint density at radius 2 is 1.75 bits per heavy atom. The number of quaternary nitrogens is 1. The van der Waals surface area contributed by atoms with E-state index in [0.717, 1.165) is 11.9 Å². The molecule has 2 N–H and O–H groups in total. The topological polar surface area (TPSA) is 63.3 Å². The lowest BCUT2D eigenvalue weighted by Gasteiger charge is -2.14. The Balaban J connectivity index is 1.43. The van der Waals surface area contributed by atoms with Crippen LogP contribution in [-0.2, 0) is 13.1 Å². The number of nitrogens with one attached hydrogen (secondary N) is 2. The lowest BCUT2D eigenvalue weighted by molar-refractivity contribution is -0.908. The molecule has 0 amide bonds. The number of aromatic nitrogens is 2. The van der Waals surface area contributed by atoms with Gasteiger partial charge in [-0.05, 0) is 29.0 Å². The number of nitrogens with zero attached hydrogens (tertiary/aromatic N) is 1. The van der Waals surface area contributed by atoms with Crippen LogP contribution in [-0.4, -0.2) is 17.0 Å². The van der Waals surface area contributed by atoms with Crippen LogP contribution in [0.15, 0.2) is 75.9 Å². The van der Waals surface area contributed by atoms with E-state index in [9.17, 15) is 4.79 Å². The van der Waals surface area contributed by atoms with Gasteiger partial charge < -0.3 is 14.3 Å². The Labute approximate surface area is 161 Å². The lowest BCUT2D eigenvalue weighted by atomic mass is 10.1. The number of rotatable bonds is 4. The van der Waals surface area contributed by atoms with Crippen molar-refractivity contribution in [2.75, 3.05) is 7.05 Å². The average Bonchev–Trinajstić information content (AvgIpc) is 3.07. The highest BCUT2D eigenvalue weighted by molar-refractivity contribution is 6.01. The van der Waals surface area contributed by atoms with Crippen LogP contribution in [0.1, 0.15) is 11.4 Å². The summed E-state index contributed by atoms with van der Waals surface area (Å²) in [5.74, 6) is 0.669. The molecular formula is C23H20N3O2+. The zero-order chi connectivity index (χ0) is 19.1. The van der Waals surface area contributed by atoms with Crippen molar-refractivity contribution in [3.63, 3.8) is 0 Å². The quantitative estimate of drug-likeness (QED) is 0.511. The van der Waals surface area contributed by atoms with Crippen LogP contribution in [0.25, 0.3) is 32.8 Å². The first kappa shape index (κ1) is 16.7. The molecular weight excluding hydrogens is 350 g/mol. The summed E-state index contributed by atoms with van der Waals surface area (Å²) >= 11 is 0. The average molecular weight is 370 g/mol. The summed E-state index contributed by atoms with van der Waals surface area (Å²) in [6, 6.07) is 22.5. The third-order valence-corrected chi connectivity index (χ3v) is 5.07. The number of H-pyrrole nitrogens is 1. The molecule has 0 bridgehead atoms. The maximum Gasteiger partial charge on any atom is 0.294 e. The predicted molar refractivity (Wildman–Crippen MR) is 110 cm³/mol. The molecule has 0 saturated heterocycles. The molecule has 1 atom stereocenters. The van der Waals surface area contributed by atoms with Gasteiger partial charge in [0.05, 0.1) is 7.05 Å². The number of hydrogen-bond donors (Lipinski definition) is 2. The minimum Gasteiger partial charge on any atom is -0.449 e. The van der Waals surface area contributed by atoms with Crippen molar-refractivity contribution in [1.82, 2.24) is 9.97 Å². The zero-order valence-electron chi connectivity index (χ0n) is 15.5. The fourth-order valence-corrected chi connectivity index (χ4v) is 3.78. The first-order chi connectivity index (χ1) is 13.7. The van der Waals surface area contributed by atoms with Crippen LogP contribution in [0.5, 0.6) is 0 Å². The minimum atomic E-state index is -0.227. The van der Waals surface area contributed by atoms with E-state index in [1.54, 1.807) is 0 Å². The highest BCUT2D eigenvalue weighted by Gasteiger charge is 2.15. The highest BCUT2D eigenvalue weighted by Crippen LogP contribution is 2.24. The fraction of sp³-hybridized carbons (Fsp3) is 0.130. The Morgan fingerprint density at radius 1 is 0.964 bits per heavy atom. The van der Waals surface area contributed by atoms with Crippen molar-refractivity contribution in [2.45, 2.75) is 13.1 Å². The summed E-state index contributed by atoms with van der Waals surface area (Å²) in [5, 5.41) is 3.36. The maximum absolute atomic E-state index is 12.5. The van der Waals surface area contributed by atoms with E-state index < -0.39 is 0 Å². The molecule has 138 valence electrons. The molecule has 0 aliphatic heterocycles. The number of aromatic amines is 1. The van der Waals surface area contributed by atoms with Gasteiger partial charge in [0, 0.05) is 10.9 Å². The molecule has 5 aromatic rings. The molecule has 5 nitrogen and oxygen atoms in total. The molecule has 0 aliphatic carbocycles. The highest BCUT2D eigenvalue weighted by atomic mass is 16.3. The Kier molecular flexibility index (Phi) is 3.95. The van der Waals surface area contributed by atoms with Gasteiger partial charge in [0.1, 0.15) is 24.2 Å². The van der Waals surface area contributed by atoms with Crippen molar-refractivity contribution >= 4 is 32.8 Å². The van der Waals surface area contributed by atoms with Crippen LogP contribution in [0.3, 0.4) is 0 Å². The van der Waals surface area contributed by atoms with Gasteiger partial charge in [-0.25, -0.2) is 4.98 Å². The molecule has 0 aliphatic rings. The SMILES string of the molecule is C[NH+](Cc1ccc2ccccc2c1)Cc1nc2c(oc3ccccc32)c(=O)[nH]1. The number of benzene rings is 3. The molecule has 5 rings (SSSR count). The summed E-state index contributed by atoms with van der Waals surface area (Å²) in [4.78, 5) is 21.3. The van der Waals surface area contributed by atoms with Crippen LogP contribution in [0.4, 0.5) is 0 Å². The van der Waals surface area contributed by atoms with Crippen LogP contribution < -0.4 is 10.5 Å². The van der Waals surface area contributed by atoms with E-state index in [1.165, 1.54) is 21.2 Å². The Hall–Kier alpha value is -3.44. The lowest BCUT2D eigenvalue weighted by Crippen LogP contribution is -3.06. The Morgan fingerprint density at radius 3 is 2.64 bits per heavy atom. The van der Waals surface area contributed by atoms with Gasteiger partial charge >= 0.3 is 0 Å². The summed E-state index contributed by atoms with van der Waals surface area (Å²) in [6.45, 7) is 1.47. The molecule has 5 heteroatoms. The van der Waals surface area contributed by atoms with Crippen molar-refractivity contribution < 1.29 is 9.32 Å². The van der Waals surface area contributed by atoms with E-state index in [4.69, 9.17) is 4.42 Å². The molecule has 3 aromatic carbocycles. The van der Waals surface area contributed by atoms with Crippen molar-refractivity contribution in [3.8, 4) is 0 Å². The van der Waals surface area contributed by atoms with E-state index in [2.05, 4.69) is 59.5 Å². The zero-order valence-corrected chi connectivity index (χ0v) is 15.5. The van der Waals surface area contributed by atoms with Gasteiger partial charge in [0.2, 0.25) is 5.58 Å². The molecule has 1 unspecified atom stereocenters. The van der Waals surface area contributed by atoms with E-state index in [-0.39, 0.29) is 11.1 Å². The Bertz CT molecular complexity index is 1370. The third kappa shape index (κ3) is 2.96. The largest absolute Gasteiger partial charge is 0.449 e. The standard InChI is InChI=1S/C23H19N3O2/c1-26(13-15-10-11-16-6-2-3-7-17(16)12-15)14-20-24-21-18-8-4-5-9-19(18)28-22(21)23(27)25-20/h2-12H,13-14H2,1H3,(H,24,25,27)/p+1. The summed E-state index contributed by atoms with van der Waals surface area (Å²) in [6.07, 6.45) is 0. The van der Waals surface area contributed by atoms with Crippen LogP contribution in [0, 0.1) is 0 Å². The first-order valence-electron chi connectivity index (χ1n) is 9.37. The van der Waals surface area contributed by atoms with E-state index >= 15 is 0 Å². The molecule has 0 saturated carbocycles. The third-order valence-electron chi connectivity index (χ3n) is 5.07. The second-order valence-corrected chi connectivity index (χ2v) is 7.28. The fourth-order valence-electron chi connectivity index (χ4n) is 3.78. The molecule has 0 fully saturated rings. The normalized spacial score (nSPS) is 12.8. The second kappa shape index (κ2) is 6.62. The predicted octanol–water partition coefficient (Wildman–Crippen LogP) is 3.04. The van der Waals surface area contributed by atoms with Crippen molar-refractivity contribution in [2.24, 2.45) is 0 Å². The van der Waals surface area contributed by atoms with Gasteiger partial charge in [-0.15, -0.1) is 0 Å². The number of hydrogen-bond acceptors (Lipinski definition) is 3. The van der Waals surface area contributed by atoms with Gasteiger partial charge in [0.25, 0.3) is 5.56 Å². The summed E-state index contributed by atoms with van der Waals surface area (Å²) in [5.41, 5.74) is 2.64. The molecule has 2 heterocycles. The summed E-state index contributed by atoms with van der Waals surface area (Å²) in [7, 11) is 2.10. The molecule has 0 radical (unpaired) electrons. The van der Waals surface area contributed by atoms with Gasteiger partial charge in [-0.3, -0.25) is 4.79 Å². The van der Waals surface area contributed by atoms with Crippen molar-refractivity contribution in [3.05, 3.63) is 88.5 Å². The van der Waals surface area contributed by atoms with E-state index in [1.807, 2.05) is 24.3 Å².